The maximum Gasteiger partial charge on any atom is 2.00 e. The third kappa shape index (κ3) is 55.2. The first-order valence-electron chi connectivity index (χ1n) is 47.3. The fourth-order valence-electron chi connectivity index (χ4n) is 15.9. The van der Waals surface area contributed by atoms with Crippen LogP contribution < -0.4 is 0 Å². The first-order valence-corrected chi connectivity index (χ1v) is 47.3. The van der Waals surface area contributed by atoms with Crippen LogP contribution in [0.25, 0.3) is 16.9 Å². The van der Waals surface area contributed by atoms with Gasteiger partial charge in [0.2, 0.25) is 11.4 Å². The van der Waals surface area contributed by atoms with Gasteiger partial charge in [-0.15, -0.1) is 0 Å². The second-order valence-corrected chi connectivity index (χ2v) is 32.7. The van der Waals surface area contributed by atoms with Crippen molar-refractivity contribution in [2.75, 3.05) is 0 Å². The van der Waals surface area contributed by atoms with Crippen molar-refractivity contribution in [1.82, 2.24) is 0 Å². The summed E-state index contributed by atoms with van der Waals surface area (Å²) in [4.78, 5) is 0. The molecule has 2 aromatic rings. The van der Waals surface area contributed by atoms with Crippen molar-refractivity contribution in [2.45, 2.75) is 525 Å². The number of hydrogen-bond donors (Lipinski definition) is 0. The fourth-order valence-corrected chi connectivity index (χ4v) is 15.9. The summed E-state index contributed by atoms with van der Waals surface area (Å²) in [7, 11) is 0. The molecule has 0 atom stereocenters. The number of nitrogens with zero attached hydrogens (tertiary/aromatic N) is 2. The summed E-state index contributed by atoms with van der Waals surface area (Å²) in [5.41, 5.74) is 27.7. The van der Waals surface area contributed by atoms with Crippen molar-refractivity contribution >= 4 is 11.4 Å². The van der Waals surface area contributed by atoms with Crippen molar-refractivity contribution in [3.8, 4) is 0 Å². The predicted octanol–water partition coefficient (Wildman–Crippen LogP) is 35.9. The molecule has 1 aliphatic rings. The maximum atomic E-state index is 12.8. The number of allylic oxidation sites excluding steroid dienone is 4. The standard InChI is InChI=1S/C71H120N2.2C15H31.Ni/c1-8-15-22-23-24-25-26-27-28-29-30-31-32-33-34-35-36-37-38-39-40-41-48-53-65-60-70(66-56-61(49-42-16-9-2)68(54-46-20-13-6)62(57-66)50-43-17-10-3)73(72)71(65)67-58-63(51-44-18-11-4)69(55-47-21-14-7)64(59-67)52-45-19-12-5;2*1-3-5-7-9-11-13-15-14-12-10-8-6-4-2;/h48,53,56-60H,8-47,49-52,54-55H2,1-7H3;2*1,3-15H2,2H3;/q;2*-1;+2. The van der Waals surface area contributed by atoms with Crippen LogP contribution >= 0.6 is 0 Å². The molecular formula is C101H182N2Ni. The summed E-state index contributed by atoms with van der Waals surface area (Å²) in [6.45, 7) is 28.6. The van der Waals surface area contributed by atoms with Gasteiger partial charge in [-0.1, -0.05) is 434 Å². The molecule has 0 N–H and O–H groups in total. The Kier molecular flexibility index (Phi) is 77.2. The average molecular weight is 1480 g/mol. The Morgan fingerprint density at radius 2 is 0.481 bits per heavy atom. The smallest absolute Gasteiger partial charge is 0.493 e. The maximum absolute atomic E-state index is 12.8. The molecule has 0 unspecified atom stereocenters. The zero-order valence-electron chi connectivity index (χ0n) is 72.1. The van der Waals surface area contributed by atoms with E-state index < -0.39 is 0 Å². The molecule has 1 aliphatic heterocycles. The Bertz CT molecular complexity index is 2150. The molecule has 0 aromatic heterocycles. The molecule has 0 fully saturated rings. The minimum absolute atomic E-state index is 0. The van der Waals surface area contributed by atoms with Gasteiger partial charge in [0.05, 0.1) is 5.57 Å². The van der Waals surface area contributed by atoms with E-state index in [1.54, 1.807) is 27.0 Å². The first kappa shape index (κ1) is 102. The molecule has 0 saturated heterocycles. The van der Waals surface area contributed by atoms with E-state index in [-0.39, 0.29) is 16.5 Å². The molecule has 0 spiro atoms. The Balaban J connectivity index is 0.00000282. The topological polar surface area (TPSA) is 25.3 Å². The zero-order valence-corrected chi connectivity index (χ0v) is 73.1. The van der Waals surface area contributed by atoms with E-state index in [1.165, 1.54) is 445 Å². The summed E-state index contributed by atoms with van der Waals surface area (Å²) in [5.74, 6) is 0. The van der Waals surface area contributed by atoms with Crippen molar-refractivity contribution < 1.29 is 21.2 Å². The van der Waals surface area contributed by atoms with E-state index in [0.29, 0.717) is 0 Å². The minimum Gasteiger partial charge on any atom is -0.493 e. The number of aryl methyl sites for hydroxylation is 4. The van der Waals surface area contributed by atoms with E-state index >= 15 is 0 Å². The third-order valence-electron chi connectivity index (χ3n) is 22.7. The predicted molar refractivity (Wildman–Crippen MR) is 469 cm³/mol. The van der Waals surface area contributed by atoms with Crippen molar-refractivity contribution in [3.63, 3.8) is 0 Å². The van der Waals surface area contributed by atoms with Gasteiger partial charge in [-0.05, 0) is 148 Å². The van der Waals surface area contributed by atoms with Crippen molar-refractivity contribution in [1.29, 1.82) is 0 Å². The van der Waals surface area contributed by atoms with Gasteiger partial charge in [-0.2, -0.15) is 12.8 Å². The molecule has 3 rings (SSSR count). The third-order valence-corrected chi connectivity index (χ3v) is 22.7. The van der Waals surface area contributed by atoms with Gasteiger partial charge < -0.3 is 19.4 Å². The summed E-state index contributed by atoms with van der Waals surface area (Å²) >= 11 is 0. The fraction of sp³-hybridized carbons (Fsp3) is 0.802. The molecule has 0 aliphatic carbocycles. The van der Waals surface area contributed by atoms with Gasteiger partial charge in [-0.25, -0.2) is 4.70 Å². The summed E-state index contributed by atoms with van der Waals surface area (Å²) in [6.07, 6.45) is 104. The van der Waals surface area contributed by atoms with Gasteiger partial charge in [0.25, 0.3) is 0 Å². The second kappa shape index (κ2) is 78.9. The molecule has 0 saturated carbocycles. The SMILES string of the molecule is CCCCCCCCCCCCCCCCCCCCCCCC=CC1=C(c2cc(CCCCC)c(CCCCC)c(CCCCC)c2)[N+](=[N-])C(c2cc(CCCCC)c(CCCCC)c(CCCCC)c2)=C1.[CH2-]CCCCCCCCCCCCCC.[CH2-]CCCCCCCCCCCCCC.[Ni+2]. The molecule has 3 heteroatoms. The monoisotopic (exact) mass is 1480 g/mol. The second-order valence-electron chi connectivity index (χ2n) is 32.7. The number of benzene rings is 2. The van der Waals surface area contributed by atoms with E-state index in [9.17, 15) is 5.53 Å². The number of hydrogen-bond acceptors (Lipinski definition) is 0. The quantitative estimate of drug-likeness (QED) is 0.0273. The largest absolute Gasteiger partial charge is 2.00 e. The van der Waals surface area contributed by atoms with Crippen LogP contribution in [0.4, 0.5) is 0 Å². The molecule has 2 aromatic carbocycles. The minimum atomic E-state index is 0. The van der Waals surface area contributed by atoms with Crippen LogP contribution in [0.2, 0.25) is 0 Å². The molecule has 606 valence electrons. The number of rotatable bonds is 73. The normalized spacial score (nSPS) is 12.2. The summed E-state index contributed by atoms with van der Waals surface area (Å²) in [6, 6.07) is 10.0. The molecule has 104 heavy (non-hydrogen) atoms. The van der Waals surface area contributed by atoms with Gasteiger partial charge in [0.1, 0.15) is 0 Å². The van der Waals surface area contributed by atoms with Crippen LogP contribution in [-0.2, 0) is 55.0 Å². The van der Waals surface area contributed by atoms with E-state index in [2.05, 4.69) is 119 Å². The van der Waals surface area contributed by atoms with Crippen LogP contribution in [0.1, 0.15) is 531 Å². The van der Waals surface area contributed by atoms with Crippen LogP contribution in [0.15, 0.2) is 48.1 Å². The van der Waals surface area contributed by atoms with E-state index in [1.807, 2.05) is 0 Å². The Labute approximate surface area is 664 Å². The van der Waals surface area contributed by atoms with Crippen LogP contribution in [-0.4, -0.2) is 4.70 Å². The Morgan fingerprint density at radius 1 is 0.269 bits per heavy atom. The van der Waals surface area contributed by atoms with Crippen molar-refractivity contribution in [3.05, 3.63) is 112 Å². The van der Waals surface area contributed by atoms with Crippen LogP contribution in [0, 0.1) is 13.8 Å². The van der Waals surface area contributed by atoms with Crippen LogP contribution in [0.5, 0.6) is 0 Å². The van der Waals surface area contributed by atoms with Crippen molar-refractivity contribution in [2.24, 2.45) is 0 Å². The van der Waals surface area contributed by atoms with E-state index in [0.717, 1.165) is 56.3 Å². The molecule has 2 nitrogen and oxygen atoms in total. The zero-order chi connectivity index (χ0) is 74.8. The molecule has 0 amide bonds. The molecule has 0 bridgehead atoms. The summed E-state index contributed by atoms with van der Waals surface area (Å²) < 4.78 is 1.63. The molecular weight excluding hydrogens is 1300 g/mol. The average Bonchev–Trinajstić information content (AvgIpc) is 1.63. The first-order chi connectivity index (χ1) is 50.8. The van der Waals surface area contributed by atoms with Gasteiger partial charge >= 0.3 is 16.5 Å². The van der Waals surface area contributed by atoms with E-state index in [4.69, 9.17) is 0 Å². The van der Waals surface area contributed by atoms with Gasteiger partial charge in [0, 0.05) is 17.2 Å². The molecule has 0 radical (unpaired) electrons. The molecule has 1 heterocycles. The Hall–Kier alpha value is -2.25. The van der Waals surface area contributed by atoms with Gasteiger partial charge in [0.15, 0.2) is 0 Å². The van der Waals surface area contributed by atoms with Gasteiger partial charge in [-0.3, -0.25) is 0 Å². The number of unbranched alkanes of at least 4 members (excludes halogenated alkanes) is 57. The Morgan fingerprint density at radius 3 is 0.731 bits per heavy atom. The summed E-state index contributed by atoms with van der Waals surface area (Å²) in [5, 5.41) is 0. The van der Waals surface area contributed by atoms with Crippen LogP contribution in [0.3, 0.4) is 0 Å².